The van der Waals surface area contributed by atoms with E-state index in [9.17, 15) is 23.3 Å². The molecule has 1 aromatic rings. The molecule has 0 bridgehead atoms. The topological polar surface area (TPSA) is 110 Å². The van der Waals surface area contributed by atoms with Crippen molar-refractivity contribution in [2.24, 2.45) is 0 Å². The molecule has 0 unspecified atom stereocenters. The lowest BCUT2D eigenvalue weighted by Crippen LogP contribution is -2.34. The predicted molar refractivity (Wildman–Crippen MR) is 113 cm³/mol. The quantitative estimate of drug-likeness (QED) is 0.409. The second-order valence-corrected chi connectivity index (χ2v) is 8.78. The minimum Gasteiger partial charge on any atom is -0.477 e. The molecule has 0 fully saturated rings. The number of rotatable bonds is 10. The Balaban J connectivity index is 2.22. The number of likely N-dealkylation sites (N-methyl/N-ethyl adjacent to an activating group) is 1. The number of hydrogen-bond acceptors (Lipinski definition) is 6. The first-order valence-corrected chi connectivity index (χ1v) is 11.6. The molecular formula is C20H29N3O6S. The maximum Gasteiger partial charge on any atom is 0.312 e. The van der Waals surface area contributed by atoms with Crippen molar-refractivity contribution in [3.05, 3.63) is 40.1 Å². The molecule has 0 saturated heterocycles. The number of sulfonamides is 1. The largest absolute Gasteiger partial charge is 0.477 e. The van der Waals surface area contributed by atoms with Crippen LogP contribution < -0.4 is 4.74 Å². The van der Waals surface area contributed by atoms with Gasteiger partial charge in [-0.05, 0) is 44.7 Å². The monoisotopic (exact) mass is 439 g/mol. The Bertz CT molecular complexity index is 909. The van der Waals surface area contributed by atoms with E-state index in [0.29, 0.717) is 6.54 Å². The molecule has 2 rings (SSSR count). The van der Waals surface area contributed by atoms with Gasteiger partial charge in [-0.1, -0.05) is 19.9 Å². The highest BCUT2D eigenvalue weighted by atomic mass is 32.2. The number of nitro groups is 1. The highest BCUT2D eigenvalue weighted by Gasteiger charge is 2.27. The molecule has 0 spiro atoms. The fraction of sp³-hybridized carbons (Fsp3) is 0.550. The predicted octanol–water partition coefficient (Wildman–Crippen LogP) is 3.31. The van der Waals surface area contributed by atoms with Crippen LogP contribution >= 0.6 is 0 Å². The van der Waals surface area contributed by atoms with E-state index in [1.165, 1.54) is 16.4 Å². The maximum atomic E-state index is 12.6. The third-order valence-electron chi connectivity index (χ3n) is 5.05. The number of carbonyl (C=O) groups excluding carboxylic acids is 1. The average molecular weight is 440 g/mol. The highest BCUT2D eigenvalue weighted by molar-refractivity contribution is 7.89. The van der Waals surface area contributed by atoms with Gasteiger partial charge in [0.05, 0.1) is 9.82 Å². The van der Waals surface area contributed by atoms with Crippen LogP contribution in [-0.4, -0.2) is 54.7 Å². The maximum absolute atomic E-state index is 12.6. The summed E-state index contributed by atoms with van der Waals surface area (Å²) in [6.45, 7) is 5.87. The summed E-state index contributed by atoms with van der Waals surface area (Å²) in [5.41, 5.74) is 0.462. The van der Waals surface area contributed by atoms with Crippen molar-refractivity contribution in [2.75, 3.05) is 26.2 Å². The van der Waals surface area contributed by atoms with Gasteiger partial charge in [0.2, 0.25) is 10.0 Å². The van der Waals surface area contributed by atoms with Gasteiger partial charge in [-0.15, -0.1) is 0 Å². The Labute approximate surface area is 177 Å². The fourth-order valence-corrected chi connectivity index (χ4v) is 4.94. The standard InChI is InChI=1S/C20H29N3O6S/c1-4-21(5-2)30(27,28)17-12-13-19(18(14-17)23(25)26)29-15-20(24)22(6-3)16-10-8-7-9-11-16/h10,12-14H,4-9,11,15H2,1-3H3. The lowest BCUT2D eigenvalue weighted by Gasteiger charge is -2.26. The van der Waals surface area contributed by atoms with E-state index in [0.717, 1.165) is 37.4 Å². The van der Waals surface area contributed by atoms with Crippen molar-refractivity contribution < 1.29 is 22.9 Å². The van der Waals surface area contributed by atoms with Crippen molar-refractivity contribution in [1.82, 2.24) is 9.21 Å². The molecule has 1 aliphatic carbocycles. The van der Waals surface area contributed by atoms with E-state index in [2.05, 4.69) is 0 Å². The molecule has 0 aliphatic heterocycles. The summed E-state index contributed by atoms with van der Waals surface area (Å²) in [5.74, 6) is -0.430. The summed E-state index contributed by atoms with van der Waals surface area (Å²) < 4.78 is 32.0. The Morgan fingerprint density at radius 3 is 2.40 bits per heavy atom. The van der Waals surface area contributed by atoms with Crippen LogP contribution in [0.15, 0.2) is 34.9 Å². The van der Waals surface area contributed by atoms with Gasteiger partial charge in [-0.3, -0.25) is 14.9 Å². The van der Waals surface area contributed by atoms with Gasteiger partial charge in [0, 0.05) is 31.4 Å². The minimum absolute atomic E-state index is 0.138. The van der Waals surface area contributed by atoms with E-state index in [1.807, 2.05) is 13.0 Å². The van der Waals surface area contributed by atoms with Gasteiger partial charge in [-0.2, -0.15) is 4.31 Å². The zero-order valence-corrected chi connectivity index (χ0v) is 18.5. The van der Waals surface area contributed by atoms with Crippen LogP contribution in [0.4, 0.5) is 5.69 Å². The number of nitro benzene ring substituents is 1. The Hall–Kier alpha value is -2.46. The van der Waals surface area contributed by atoms with Crippen LogP contribution in [0.2, 0.25) is 0 Å². The summed E-state index contributed by atoms with van der Waals surface area (Å²) in [7, 11) is -3.85. The zero-order valence-electron chi connectivity index (χ0n) is 17.7. The molecule has 1 aliphatic rings. The lowest BCUT2D eigenvalue weighted by molar-refractivity contribution is -0.386. The number of benzene rings is 1. The van der Waals surface area contributed by atoms with E-state index < -0.39 is 20.6 Å². The van der Waals surface area contributed by atoms with E-state index in [4.69, 9.17) is 4.74 Å². The first-order chi connectivity index (χ1) is 14.3. The van der Waals surface area contributed by atoms with Crippen molar-refractivity contribution in [2.45, 2.75) is 51.3 Å². The number of carbonyl (C=O) groups is 1. The number of nitrogens with zero attached hydrogens (tertiary/aromatic N) is 3. The molecule has 0 aromatic heterocycles. The van der Waals surface area contributed by atoms with Gasteiger partial charge in [0.25, 0.3) is 5.91 Å². The molecule has 0 atom stereocenters. The first kappa shape index (κ1) is 23.8. The molecule has 0 radical (unpaired) electrons. The van der Waals surface area contributed by atoms with Gasteiger partial charge >= 0.3 is 5.69 Å². The summed E-state index contributed by atoms with van der Waals surface area (Å²) in [6.07, 6.45) is 5.90. The molecule has 1 aromatic carbocycles. The fourth-order valence-electron chi connectivity index (χ4n) is 3.46. The Kier molecular flexibility index (Phi) is 8.36. The van der Waals surface area contributed by atoms with Gasteiger partial charge < -0.3 is 9.64 Å². The molecule has 10 heteroatoms. The van der Waals surface area contributed by atoms with E-state index in [-0.39, 0.29) is 36.2 Å². The Morgan fingerprint density at radius 2 is 1.87 bits per heavy atom. The third-order valence-corrected chi connectivity index (χ3v) is 7.10. The third kappa shape index (κ3) is 5.37. The molecule has 0 saturated carbocycles. The summed E-state index contributed by atoms with van der Waals surface area (Å²) >= 11 is 0. The lowest BCUT2D eigenvalue weighted by atomic mass is 10.0. The summed E-state index contributed by atoms with van der Waals surface area (Å²) in [4.78, 5) is 24.9. The SMILES string of the molecule is CCN(C(=O)COc1ccc(S(=O)(=O)N(CC)CC)cc1[N+](=O)[O-])C1=CCCCC1. The van der Waals surface area contributed by atoms with Crippen LogP contribution in [0.25, 0.3) is 0 Å². The molecule has 1 amide bonds. The van der Waals surface area contributed by atoms with Crippen LogP contribution in [0, 0.1) is 10.1 Å². The van der Waals surface area contributed by atoms with Crippen molar-refractivity contribution in [3.63, 3.8) is 0 Å². The number of hydrogen-bond donors (Lipinski definition) is 0. The van der Waals surface area contributed by atoms with E-state index in [1.54, 1.807) is 18.7 Å². The minimum atomic E-state index is -3.85. The van der Waals surface area contributed by atoms with Crippen LogP contribution in [0.3, 0.4) is 0 Å². The van der Waals surface area contributed by atoms with Gasteiger partial charge in [0.15, 0.2) is 12.4 Å². The Morgan fingerprint density at radius 1 is 1.17 bits per heavy atom. The summed E-state index contributed by atoms with van der Waals surface area (Å²) in [6, 6.07) is 3.48. The number of ether oxygens (including phenoxy) is 1. The molecule has 9 nitrogen and oxygen atoms in total. The van der Waals surface area contributed by atoms with Crippen LogP contribution in [-0.2, 0) is 14.8 Å². The van der Waals surface area contributed by atoms with Crippen LogP contribution in [0.1, 0.15) is 46.5 Å². The molecular weight excluding hydrogens is 410 g/mol. The second-order valence-electron chi connectivity index (χ2n) is 6.84. The van der Waals surface area contributed by atoms with Crippen LogP contribution in [0.5, 0.6) is 5.75 Å². The zero-order chi connectivity index (χ0) is 22.3. The molecule has 0 N–H and O–H groups in total. The molecule has 166 valence electrons. The van der Waals surface area contributed by atoms with E-state index >= 15 is 0 Å². The van der Waals surface area contributed by atoms with Gasteiger partial charge in [-0.25, -0.2) is 8.42 Å². The van der Waals surface area contributed by atoms with Gasteiger partial charge in [0.1, 0.15) is 0 Å². The first-order valence-electron chi connectivity index (χ1n) is 10.2. The summed E-state index contributed by atoms with van der Waals surface area (Å²) in [5, 5.41) is 11.5. The molecule has 0 heterocycles. The van der Waals surface area contributed by atoms with Crippen molar-refractivity contribution >= 4 is 21.6 Å². The number of amides is 1. The smallest absolute Gasteiger partial charge is 0.312 e. The second kappa shape index (κ2) is 10.5. The normalized spacial score (nSPS) is 14.3. The highest BCUT2D eigenvalue weighted by Crippen LogP contribution is 2.31. The molecule has 30 heavy (non-hydrogen) atoms. The number of allylic oxidation sites excluding steroid dienone is 2. The van der Waals surface area contributed by atoms with Crippen molar-refractivity contribution in [1.29, 1.82) is 0 Å². The average Bonchev–Trinajstić information content (AvgIpc) is 2.74. The van der Waals surface area contributed by atoms with Crippen molar-refractivity contribution in [3.8, 4) is 5.75 Å².